The predicted octanol–water partition coefficient (Wildman–Crippen LogP) is 5.36. The lowest BCUT2D eigenvalue weighted by Crippen LogP contribution is -2.15. The molecule has 2 aromatic heterocycles. The minimum Gasteiger partial charge on any atom is -0.311 e. The average Bonchev–Trinajstić information content (AvgIpc) is 3.19. The first-order valence-electron chi connectivity index (χ1n) is 6.92. The minimum atomic E-state index is 0.964. The molecule has 0 unspecified atom stereocenters. The van der Waals surface area contributed by atoms with Crippen LogP contribution in [0.1, 0.15) is 4.88 Å². The summed E-state index contributed by atoms with van der Waals surface area (Å²) < 4.78 is 0. The molecule has 0 saturated carbocycles. The number of benzene rings is 1. The molecule has 21 heavy (non-hydrogen) atoms. The zero-order valence-electron chi connectivity index (χ0n) is 11.6. The smallest absolute Gasteiger partial charge is 0.0351 e. The number of thiophene rings is 2. The van der Waals surface area contributed by atoms with Crippen LogP contribution in [0.25, 0.3) is 10.4 Å². The van der Waals surface area contributed by atoms with Crippen LogP contribution < -0.4 is 5.32 Å². The van der Waals surface area contributed by atoms with E-state index in [4.69, 9.17) is 0 Å². The van der Waals surface area contributed by atoms with Crippen molar-refractivity contribution in [2.24, 2.45) is 0 Å². The van der Waals surface area contributed by atoms with Crippen LogP contribution >= 0.6 is 34.4 Å². The standard InChI is InChI=1S/C17H17NS3/c1-2-5-15(6-3-1)19-10-8-18-12-16-11-14(13-21-16)17-7-4-9-20-17/h1-7,9,11,13,18H,8,10,12H2. The van der Waals surface area contributed by atoms with E-state index in [9.17, 15) is 0 Å². The van der Waals surface area contributed by atoms with Crippen LogP contribution in [0.5, 0.6) is 0 Å². The SMILES string of the molecule is c1ccc(SCCNCc2cc(-c3cccs3)cs2)cc1. The number of hydrogen-bond donors (Lipinski definition) is 1. The number of hydrogen-bond acceptors (Lipinski definition) is 4. The summed E-state index contributed by atoms with van der Waals surface area (Å²) in [5.74, 6) is 1.10. The van der Waals surface area contributed by atoms with E-state index < -0.39 is 0 Å². The summed E-state index contributed by atoms with van der Waals surface area (Å²) in [6, 6.07) is 17.2. The maximum absolute atomic E-state index is 3.52. The van der Waals surface area contributed by atoms with Crippen molar-refractivity contribution in [1.82, 2.24) is 5.32 Å². The Morgan fingerprint density at radius 1 is 1.00 bits per heavy atom. The van der Waals surface area contributed by atoms with Crippen molar-refractivity contribution in [3.05, 3.63) is 64.2 Å². The van der Waals surface area contributed by atoms with Crippen LogP contribution in [0, 0.1) is 0 Å². The van der Waals surface area contributed by atoms with Crippen molar-refractivity contribution in [3.63, 3.8) is 0 Å². The quantitative estimate of drug-likeness (QED) is 0.462. The van der Waals surface area contributed by atoms with Gasteiger partial charge in [0.2, 0.25) is 0 Å². The van der Waals surface area contributed by atoms with Crippen molar-refractivity contribution < 1.29 is 0 Å². The van der Waals surface area contributed by atoms with Crippen LogP contribution in [0.2, 0.25) is 0 Å². The molecule has 0 saturated heterocycles. The van der Waals surface area contributed by atoms with Gasteiger partial charge in [0.25, 0.3) is 0 Å². The number of rotatable bonds is 7. The fourth-order valence-corrected chi connectivity index (χ4v) is 4.49. The molecule has 3 aromatic rings. The summed E-state index contributed by atoms with van der Waals surface area (Å²) in [7, 11) is 0. The molecule has 0 bridgehead atoms. The van der Waals surface area contributed by atoms with Crippen molar-refractivity contribution in [2.45, 2.75) is 11.4 Å². The van der Waals surface area contributed by atoms with Gasteiger partial charge in [-0.15, -0.1) is 34.4 Å². The molecule has 1 aromatic carbocycles. The highest BCUT2D eigenvalue weighted by Crippen LogP contribution is 2.29. The molecule has 0 aliphatic carbocycles. The third-order valence-electron chi connectivity index (χ3n) is 3.05. The van der Waals surface area contributed by atoms with Gasteiger partial charge in [0.1, 0.15) is 0 Å². The molecule has 3 rings (SSSR count). The Morgan fingerprint density at radius 3 is 2.71 bits per heavy atom. The van der Waals surface area contributed by atoms with Gasteiger partial charge in [-0.25, -0.2) is 0 Å². The predicted molar refractivity (Wildman–Crippen MR) is 96.5 cm³/mol. The molecule has 0 fully saturated rings. The van der Waals surface area contributed by atoms with E-state index in [1.165, 1.54) is 20.2 Å². The van der Waals surface area contributed by atoms with Gasteiger partial charge in [-0.2, -0.15) is 0 Å². The highest BCUT2D eigenvalue weighted by Gasteiger charge is 2.03. The molecular formula is C17H17NS3. The highest BCUT2D eigenvalue weighted by molar-refractivity contribution is 7.99. The maximum atomic E-state index is 3.52. The van der Waals surface area contributed by atoms with Crippen LogP contribution in [-0.2, 0) is 6.54 Å². The lowest BCUT2D eigenvalue weighted by atomic mass is 10.2. The summed E-state index contributed by atoms with van der Waals surface area (Å²) in [5.41, 5.74) is 1.35. The van der Waals surface area contributed by atoms with Gasteiger partial charge in [-0.1, -0.05) is 24.3 Å². The summed E-state index contributed by atoms with van der Waals surface area (Å²) in [5, 5.41) is 7.91. The molecule has 0 atom stereocenters. The number of thioether (sulfide) groups is 1. The van der Waals surface area contributed by atoms with Crippen molar-refractivity contribution in [2.75, 3.05) is 12.3 Å². The molecule has 1 N–H and O–H groups in total. The van der Waals surface area contributed by atoms with Gasteiger partial charge in [0.15, 0.2) is 0 Å². The Balaban J connectivity index is 1.40. The molecule has 2 heterocycles. The second-order valence-electron chi connectivity index (χ2n) is 4.62. The lowest BCUT2D eigenvalue weighted by molar-refractivity contribution is 0.741. The van der Waals surface area contributed by atoms with Crippen LogP contribution in [-0.4, -0.2) is 12.3 Å². The second-order valence-corrected chi connectivity index (χ2v) is 7.73. The zero-order chi connectivity index (χ0) is 14.3. The van der Waals surface area contributed by atoms with Gasteiger partial charge in [-0.05, 0) is 35.0 Å². The van der Waals surface area contributed by atoms with E-state index in [0.29, 0.717) is 0 Å². The van der Waals surface area contributed by atoms with Crippen molar-refractivity contribution >= 4 is 34.4 Å². The Labute approximate surface area is 138 Å². The molecule has 0 radical (unpaired) electrons. The van der Waals surface area contributed by atoms with Crippen LogP contribution in [0.4, 0.5) is 0 Å². The Morgan fingerprint density at radius 2 is 1.90 bits per heavy atom. The Kier molecular flexibility index (Phi) is 5.52. The van der Waals surface area contributed by atoms with Crippen molar-refractivity contribution in [3.8, 4) is 10.4 Å². The van der Waals surface area contributed by atoms with Gasteiger partial charge in [0.05, 0.1) is 0 Å². The van der Waals surface area contributed by atoms with Gasteiger partial charge < -0.3 is 5.32 Å². The molecule has 4 heteroatoms. The maximum Gasteiger partial charge on any atom is 0.0351 e. The number of nitrogens with one attached hydrogen (secondary N) is 1. The highest BCUT2D eigenvalue weighted by atomic mass is 32.2. The van der Waals surface area contributed by atoms with Crippen LogP contribution in [0.15, 0.2) is 64.2 Å². The molecule has 0 aliphatic heterocycles. The Bertz CT molecular complexity index is 644. The van der Waals surface area contributed by atoms with E-state index in [-0.39, 0.29) is 0 Å². The molecule has 0 amide bonds. The molecule has 0 aliphatic rings. The van der Waals surface area contributed by atoms with E-state index in [1.807, 2.05) is 23.1 Å². The first kappa shape index (κ1) is 14.9. The fourth-order valence-electron chi connectivity index (χ4n) is 2.01. The molecule has 1 nitrogen and oxygen atoms in total. The van der Waals surface area contributed by atoms with E-state index in [2.05, 4.69) is 64.6 Å². The molecule has 0 spiro atoms. The first-order valence-corrected chi connectivity index (χ1v) is 9.66. The minimum absolute atomic E-state index is 0.964. The molecular weight excluding hydrogens is 314 g/mol. The van der Waals surface area contributed by atoms with Gasteiger partial charge >= 0.3 is 0 Å². The average molecular weight is 332 g/mol. The second kappa shape index (κ2) is 7.80. The summed E-state index contributed by atoms with van der Waals surface area (Å²) >= 11 is 5.54. The third kappa shape index (κ3) is 4.45. The molecule has 108 valence electrons. The fraction of sp³-hybridized carbons (Fsp3) is 0.176. The summed E-state index contributed by atoms with van der Waals surface area (Å²) in [6.45, 7) is 2.00. The van der Waals surface area contributed by atoms with E-state index in [0.717, 1.165) is 18.8 Å². The van der Waals surface area contributed by atoms with Crippen molar-refractivity contribution in [1.29, 1.82) is 0 Å². The largest absolute Gasteiger partial charge is 0.311 e. The lowest BCUT2D eigenvalue weighted by Gasteiger charge is -2.03. The van der Waals surface area contributed by atoms with E-state index >= 15 is 0 Å². The Hall–Kier alpha value is -1.07. The topological polar surface area (TPSA) is 12.0 Å². The zero-order valence-corrected chi connectivity index (χ0v) is 14.1. The third-order valence-corrected chi connectivity index (χ3v) is 5.92. The summed E-state index contributed by atoms with van der Waals surface area (Å²) in [4.78, 5) is 4.11. The van der Waals surface area contributed by atoms with E-state index in [1.54, 1.807) is 11.3 Å². The summed E-state index contributed by atoms with van der Waals surface area (Å²) in [6.07, 6.45) is 0. The first-order chi connectivity index (χ1) is 10.4. The normalized spacial score (nSPS) is 10.9. The van der Waals surface area contributed by atoms with Gasteiger partial charge in [0, 0.05) is 39.1 Å². The van der Waals surface area contributed by atoms with Gasteiger partial charge in [-0.3, -0.25) is 0 Å². The van der Waals surface area contributed by atoms with Crippen LogP contribution in [0.3, 0.4) is 0 Å². The monoisotopic (exact) mass is 331 g/mol.